The summed E-state index contributed by atoms with van der Waals surface area (Å²) in [5.74, 6) is 0.122. The van der Waals surface area contributed by atoms with Crippen LogP contribution < -0.4 is 5.32 Å². The van der Waals surface area contributed by atoms with Crippen molar-refractivity contribution in [2.24, 2.45) is 0 Å². The van der Waals surface area contributed by atoms with Crippen molar-refractivity contribution >= 4 is 23.1 Å². The molecule has 0 amide bonds. The van der Waals surface area contributed by atoms with Crippen LogP contribution in [0.1, 0.15) is 33.7 Å². The highest BCUT2D eigenvalue weighted by Crippen LogP contribution is 2.15. The van der Waals surface area contributed by atoms with Gasteiger partial charge in [-0.25, -0.2) is 9.78 Å². The molecule has 128 valence electrons. The molecule has 2 heterocycles. The molecule has 3 aromatic rings. The number of nitrogens with zero attached hydrogens (tertiary/aromatic N) is 3. The first-order valence-electron chi connectivity index (χ1n) is 7.96. The summed E-state index contributed by atoms with van der Waals surface area (Å²) in [5.41, 5.74) is 2.40. The van der Waals surface area contributed by atoms with E-state index in [0.29, 0.717) is 19.0 Å². The molecule has 0 fully saturated rings. The Hall–Kier alpha value is -2.80. The Kier molecular flexibility index (Phi) is 5.69. The third-order valence-corrected chi connectivity index (χ3v) is 4.29. The minimum Gasteiger partial charge on any atom is -0.461 e. The first-order valence-corrected chi connectivity index (χ1v) is 8.84. The molecule has 0 atom stereocenters. The number of carbonyl (C=O) groups is 1. The van der Waals surface area contributed by atoms with E-state index in [1.54, 1.807) is 30.4 Å². The smallest absolute Gasteiger partial charge is 0.358 e. The topological polar surface area (TPSA) is 77.0 Å². The number of hydrogen-bond acceptors (Lipinski definition) is 7. The van der Waals surface area contributed by atoms with Gasteiger partial charge in [0.25, 0.3) is 0 Å². The molecular formula is C18H18N4O2S. The fourth-order valence-corrected chi connectivity index (χ4v) is 3.03. The number of rotatable bonds is 7. The summed E-state index contributed by atoms with van der Waals surface area (Å²) in [6, 6.07) is 13.6. The lowest BCUT2D eigenvalue weighted by Crippen LogP contribution is -2.09. The van der Waals surface area contributed by atoms with Crippen LogP contribution in [0, 0.1) is 0 Å². The molecule has 2 aromatic heterocycles. The monoisotopic (exact) mass is 354 g/mol. The molecule has 0 saturated heterocycles. The molecule has 0 spiro atoms. The molecule has 7 heteroatoms. The summed E-state index contributed by atoms with van der Waals surface area (Å²) in [7, 11) is 0. The average Bonchev–Trinajstić information content (AvgIpc) is 3.09. The summed E-state index contributed by atoms with van der Waals surface area (Å²) in [4.78, 5) is 16.2. The van der Waals surface area contributed by atoms with Gasteiger partial charge < -0.3 is 10.1 Å². The van der Waals surface area contributed by atoms with Crippen LogP contribution in [0.25, 0.3) is 0 Å². The maximum absolute atomic E-state index is 11.5. The number of carbonyl (C=O) groups excluding carboxylic acids is 1. The number of aromatic nitrogens is 3. The van der Waals surface area contributed by atoms with Gasteiger partial charge in [-0.05, 0) is 24.6 Å². The van der Waals surface area contributed by atoms with Gasteiger partial charge in [-0.2, -0.15) is 0 Å². The van der Waals surface area contributed by atoms with E-state index in [0.717, 1.165) is 17.1 Å². The summed E-state index contributed by atoms with van der Waals surface area (Å²) in [6.07, 6.45) is 0.833. The first-order chi connectivity index (χ1) is 12.2. The van der Waals surface area contributed by atoms with Gasteiger partial charge in [-0.3, -0.25) is 0 Å². The van der Waals surface area contributed by atoms with Crippen LogP contribution in [-0.4, -0.2) is 27.8 Å². The minimum absolute atomic E-state index is 0.200. The number of esters is 1. The Balaban J connectivity index is 1.54. The van der Waals surface area contributed by atoms with Crippen molar-refractivity contribution in [1.82, 2.24) is 15.2 Å². The number of thiazole rings is 1. The predicted molar refractivity (Wildman–Crippen MR) is 96.7 cm³/mol. The van der Waals surface area contributed by atoms with Gasteiger partial charge in [0.15, 0.2) is 5.69 Å². The molecular weight excluding hydrogens is 336 g/mol. The van der Waals surface area contributed by atoms with Crippen molar-refractivity contribution < 1.29 is 9.53 Å². The van der Waals surface area contributed by atoms with E-state index in [2.05, 4.69) is 32.6 Å². The molecule has 0 aliphatic carbocycles. The summed E-state index contributed by atoms with van der Waals surface area (Å²) < 4.78 is 4.88. The summed E-state index contributed by atoms with van der Waals surface area (Å²) in [5, 5.41) is 14.1. The van der Waals surface area contributed by atoms with E-state index < -0.39 is 5.97 Å². The lowest BCUT2D eigenvalue weighted by molar-refractivity contribution is 0.0518. The minimum atomic E-state index is -0.466. The summed E-state index contributed by atoms with van der Waals surface area (Å²) in [6.45, 7) is 2.62. The highest BCUT2D eigenvalue weighted by molar-refractivity contribution is 7.09. The Morgan fingerprint density at radius 2 is 2.00 bits per heavy atom. The number of nitrogens with one attached hydrogen (secondary N) is 1. The van der Waals surface area contributed by atoms with Crippen molar-refractivity contribution in [2.75, 3.05) is 11.9 Å². The molecule has 1 aromatic carbocycles. The van der Waals surface area contributed by atoms with Crippen LogP contribution in [0.4, 0.5) is 5.82 Å². The molecule has 25 heavy (non-hydrogen) atoms. The van der Waals surface area contributed by atoms with Crippen LogP contribution >= 0.6 is 11.3 Å². The van der Waals surface area contributed by atoms with Crippen LogP contribution in [0.15, 0.2) is 47.8 Å². The second-order valence-electron chi connectivity index (χ2n) is 5.27. The van der Waals surface area contributed by atoms with E-state index in [1.165, 1.54) is 5.56 Å². The van der Waals surface area contributed by atoms with Crippen molar-refractivity contribution in [1.29, 1.82) is 0 Å². The van der Waals surface area contributed by atoms with Crippen LogP contribution in [0.3, 0.4) is 0 Å². The number of benzene rings is 1. The number of anilines is 1. The highest BCUT2D eigenvalue weighted by Gasteiger charge is 2.09. The molecule has 1 N–H and O–H groups in total. The fraction of sp³-hybridized carbons (Fsp3) is 0.222. The van der Waals surface area contributed by atoms with E-state index in [-0.39, 0.29) is 5.69 Å². The molecule has 0 saturated carbocycles. The van der Waals surface area contributed by atoms with Crippen LogP contribution in [0.5, 0.6) is 0 Å². The van der Waals surface area contributed by atoms with Crippen molar-refractivity contribution in [3.8, 4) is 0 Å². The van der Waals surface area contributed by atoms with E-state index in [4.69, 9.17) is 4.74 Å². The zero-order valence-electron chi connectivity index (χ0n) is 13.8. The zero-order valence-corrected chi connectivity index (χ0v) is 14.6. The van der Waals surface area contributed by atoms with Gasteiger partial charge in [0.05, 0.1) is 23.9 Å². The van der Waals surface area contributed by atoms with Crippen molar-refractivity contribution in [3.05, 3.63) is 69.8 Å². The zero-order chi connectivity index (χ0) is 17.5. The second-order valence-corrected chi connectivity index (χ2v) is 6.22. The summed E-state index contributed by atoms with van der Waals surface area (Å²) >= 11 is 1.64. The molecule has 3 rings (SSSR count). The van der Waals surface area contributed by atoms with Gasteiger partial charge in [0.2, 0.25) is 0 Å². The van der Waals surface area contributed by atoms with E-state index >= 15 is 0 Å². The van der Waals surface area contributed by atoms with Gasteiger partial charge in [0, 0.05) is 11.8 Å². The third kappa shape index (κ3) is 4.84. The second kappa shape index (κ2) is 8.34. The third-order valence-electron chi connectivity index (χ3n) is 3.40. The molecule has 0 aliphatic rings. The molecule has 0 radical (unpaired) electrons. The SMILES string of the molecule is CCOC(=O)c1ccc(NCc2csc(Cc3ccccc3)n2)nn1. The van der Waals surface area contributed by atoms with Gasteiger partial charge in [-0.1, -0.05) is 30.3 Å². The van der Waals surface area contributed by atoms with Gasteiger partial charge >= 0.3 is 5.97 Å². The fourth-order valence-electron chi connectivity index (χ4n) is 2.20. The maximum Gasteiger partial charge on any atom is 0.358 e. The average molecular weight is 354 g/mol. The highest BCUT2D eigenvalue weighted by atomic mass is 32.1. The Morgan fingerprint density at radius 3 is 2.72 bits per heavy atom. The lowest BCUT2D eigenvalue weighted by atomic mass is 10.2. The molecule has 0 unspecified atom stereocenters. The quantitative estimate of drug-likeness (QED) is 0.656. The largest absolute Gasteiger partial charge is 0.461 e. The van der Waals surface area contributed by atoms with E-state index in [9.17, 15) is 4.79 Å². The van der Waals surface area contributed by atoms with Gasteiger partial charge in [0.1, 0.15) is 5.82 Å². The maximum atomic E-state index is 11.5. The normalized spacial score (nSPS) is 10.4. The number of hydrogen-bond donors (Lipinski definition) is 1. The van der Waals surface area contributed by atoms with Gasteiger partial charge in [-0.15, -0.1) is 21.5 Å². The van der Waals surface area contributed by atoms with Crippen molar-refractivity contribution in [3.63, 3.8) is 0 Å². The molecule has 6 nitrogen and oxygen atoms in total. The first kappa shape index (κ1) is 17.0. The standard InChI is InChI=1S/C18H18N4O2S/c1-2-24-18(23)15-8-9-16(22-21-15)19-11-14-12-25-17(20-14)10-13-6-4-3-5-7-13/h3-9,12H,2,10-11H2,1H3,(H,19,22). The Morgan fingerprint density at radius 1 is 1.16 bits per heavy atom. The Bertz CT molecular complexity index is 819. The van der Waals surface area contributed by atoms with E-state index in [1.807, 2.05) is 23.6 Å². The number of ether oxygens (including phenoxy) is 1. The lowest BCUT2D eigenvalue weighted by Gasteiger charge is -2.04. The van der Waals surface area contributed by atoms with Crippen molar-refractivity contribution in [2.45, 2.75) is 19.9 Å². The Labute approximate surface area is 149 Å². The molecule has 0 aliphatic heterocycles. The predicted octanol–water partition coefficient (Wildman–Crippen LogP) is 3.31. The van der Waals surface area contributed by atoms with Crippen LogP contribution in [0.2, 0.25) is 0 Å². The molecule has 0 bridgehead atoms. The van der Waals surface area contributed by atoms with Crippen LogP contribution in [-0.2, 0) is 17.7 Å².